The van der Waals surface area contributed by atoms with Gasteiger partial charge in [-0.05, 0) is 47.5 Å². The molecule has 1 heterocycles. The predicted octanol–water partition coefficient (Wildman–Crippen LogP) is 4.90. The largest absolute Gasteiger partial charge is 0.508 e. The lowest BCUT2D eigenvalue weighted by Crippen LogP contribution is -1.99. The van der Waals surface area contributed by atoms with Crippen molar-refractivity contribution in [2.45, 2.75) is 0 Å². The highest BCUT2D eigenvalue weighted by molar-refractivity contribution is 6.32. The number of aromatic nitrogens is 2. The number of nitrogens with zero attached hydrogens (tertiary/aromatic N) is 2. The minimum absolute atomic E-state index is 0.0266. The van der Waals surface area contributed by atoms with E-state index in [1.54, 1.807) is 18.3 Å². The van der Waals surface area contributed by atoms with Crippen molar-refractivity contribution in [3.63, 3.8) is 0 Å². The van der Waals surface area contributed by atoms with E-state index >= 15 is 0 Å². The molecule has 0 aliphatic carbocycles. The summed E-state index contributed by atoms with van der Waals surface area (Å²) in [6.07, 6.45) is 1.63. The first kappa shape index (κ1) is 15.5. The van der Waals surface area contributed by atoms with Crippen molar-refractivity contribution in [3.05, 3.63) is 71.6 Å². The van der Waals surface area contributed by atoms with Crippen LogP contribution in [0.3, 0.4) is 0 Å². The standard InChI is InChI=1S/C19H12ClFN2O2/c20-15-8-12(2-6-19(15)25)11-1-5-17-13(7-11)10-22-23(17)18-9-14(24)3-4-16(18)21/h1-10,24-25H. The first-order valence-corrected chi connectivity index (χ1v) is 7.86. The molecule has 0 saturated carbocycles. The van der Waals surface area contributed by atoms with Gasteiger partial charge in [0.15, 0.2) is 0 Å². The second kappa shape index (κ2) is 5.79. The second-order valence-corrected chi connectivity index (χ2v) is 6.04. The van der Waals surface area contributed by atoms with E-state index in [9.17, 15) is 14.6 Å². The highest BCUT2D eigenvalue weighted by Gasteiger charge is 2.12. The summed E-state index contributed by atoms with van der Waals surface area (Å²) in [4.78, 5) is 0. The molecule has 25 heavy (non-hydrogen) atoms. The molecule has 2 N–H and O–H groups in total. The fraction of sp³-hybridized carbons (Fsp3) is 0. The maximum absolute atomic E-state index is 14.1. The van der Waals surface area contributed by atoms with E-state index in [4.69, 9.17) is 11.6 Å². The Kier molecular flexibility index (Phi) is 3.58. The molecule has 0 amide bonds. The molecule has 0 aliphatic rings. The number of hydrogen-bond acceptors (Lipinski definition) is 3. The van der Waals surface area contributed by atoms with Gasteiger partial charge in [-0.2, -0.15) is 5.10 Å². The van der Waals surface area contributed by atoms with Crippen LogP contribution in [0.1, 0.15) is 0 Å². The van der Waals surface area contributed by atoms with Gasteiger partial charge < -0.3 is 10.2 Å². The zero-order valence-corrected chi connectivity index (χ0v) is 13.6. The van der Waals surface area contributed by atoms with E-state index in [0.717, 1.165) is 16.5 Å². The topological polar surface area (TPSA) is 58.3 Å². The monoisotopic (exact) mass is 354 g/mol. The van der Waals surface area contributed by atoms with Crippen molar-refractivity contribution in [1.29, 1.82) is 0 Å². The number of fused-ring (bicyclic) bond motifs is 1. The Morgan fingerprint density at radius 2 is 1.68 bits per heavy atom. The molecule has 0 radical (unpaired) electrons. The molecule has 3 aromatic carbocycles. The smallest absolute Gasteiger partial charge is 0.149 e. The van der Waals surface area contributed by atoms with Crippen molar-refractivity contribution in [3.8, 4) is 28.3 Å². The third-order valence-electron chi connectivity index (χ3n) is 4.01. The average Bonchev–Trinajstić information content (AvgIpc) is 3.02. The highest BCUT2D eigenvalue weighted by Crippen LogP contribution is 2.32. The third-order valence-corrected chi connectivity index (χ3v) is 4.31. The molecular weight excluding hydrogens is 343 g/mol. The molecule has 6 heteroatoms. The van der Waals surface area contributed by atoms with E-state index in [-0.39, 0.29) is 22.2 Å². The summed E-state index contributed by atoms with van der Waals surface area (Å²) in [6.45, 7) is 0. The van der Waals surface area contributed by atoms with E-state index < -0.39 is 5.82 Å². The Bertz CT molecular complexity index is 1110. The molecule has 0 saturated heterocycles. The van der Waals surface area contributed by atoms with Gasteiger partial charge in [0, 0.05) is 11.5 Å². The minimum Gasteiger partial charge on any atom is -0.508 e. The molecule has 0 unspecified atom stereocenters. The lowest BCUT2D eigenvalue weighted by atomic mass is 10.0. The SMILES string of the molecule is Oc1ccc(F)c(-n2ncc3cc(-c4ccc(O)c(Cl)c4)ccc32)c1. The molecule has 0 bridgehead atoms. The molecule has 124 valence electrons. The quantitative estimate of drug-likeness (QED) is 0.538. The van der Waals surface area contributed by atoms with Crippen LogP contribution in [0.15, 0.2) is 60.8 Å². The first-order chi connectivity index (χ1) is 12.0. The van der Waals surface area contributed by atoms with E-state index in [2.05, 4.69) is 5.10 Å². The van der Waals surface area contributed by atoms with Crippen molar-refractivity contribution < 1.29 is 14.6 Å². The fourth-order valence-corrected chi connectivity index (χ4v) is 2.93. The Balaban J connectivity index is 1.84. The van der Waals surface area contributed by atoms with Gasteiger partial charge in [-0.1, -0.05) is 23.7 Å². The van der Waals surface area contributed by atoms with Gasteiger partial charge in [0.05, 0.1) is 16.7 Å². The summed E-state index contributed by atoms with van der Waals surface area (Å²) in [5, 5.41) is 24.5. The van der Waals surface area contributed by atoms with Crippen LogP contribution in [0.2, 0.25) is 5.02 Å². The van der Waals surface area contributed by atoms with Gasteiger partial charge in [-0.25, -0.2) is 9.07 Å². The van der Waals surface area contributed by atoms with Crippen LogP contribution in [0.4, 0.5) is 4.39 Å². The van der Waals surface area contributed by atoms with Gasteiger partial charge in [0.25, 0.3) is 0 Å². The van der Waals surface area contributed by atoms with Crippen molar-refractivity contribution in [2.24, 2.45) is 0 Å². The minimum atomic E-state index is -0.475. The summed E-state index contributed by atoms with van der Waals surface area (Å²) < 4.78 is 15.5. The van der Waals surface area contributed by atoms with Crippen molar-refractivity contribution in [1.82, 2.24) is 9.78 Å². The molecule has 0 spiro atoms. The highest BCUT2D eigenvalue weighted by atomic mass is 35.5. The first-order valence-electron chi connectivity index (χ1n) is 7.48. The van der Waals surface area contributed by atoms with Gasteiger partial charge >= 0.3 is 0 Å². The Morgan fingerprint density at radius 1 is 0.920 bits per heavy atom. The van der Waals surface area contributed by atoms with Crippen LogP contribution in [0, 0.1) is 5.82 Å². The molecule has 4 rings (SSSR count). The maximum atomic E-state index is 14.1. The summed E-state index contributed by atoms with van der Waals surface area (Å²) in [7, 11) is 0. The lowest BCUT2D eigenvalue weighted by molar-refractivity contribution is 0.472. The third kappa shape index (κ3) is 2.68. The van der Waals surface area contributed by atoms with Crippen LogP contribution in [0.25, 0.3) is 27.7 Å². The second-order valence-electron chi connectivity index (χ2n) is 5.63. The molecule has 1 aromatic heterocycles. The Hall–Kier alpha value is -3.05. The van der Waals surface area contributed by atoms with Crippen molar-refractivity contribution in [2.75, 3.05) is 0 Å². The number of aromatic hydroxyl groups is 2. The van der Waals surface area contributed by atoms with Crippen molar-refractivity contribution >= 4 is 22.5 Å². The van der Waals surface area contributed by atoms with E-state index in [1.807, 2.05) is 18.2 Å². The van der Waals surface area contributed by atoms with Gasteiger partial charge in [-0.15, -0.1) is 0 Å². The normalized spacial score (nSPS) is 11.1. The molecule has 0 aliphatic heterocycles. The van der Waals surface area contributed by atoms with Crippen LogP contribution in [-0.4, -0.2) is 20.0 Å². The van der Waals surface area contributed by atoms with Gasteiger partial charge in [0.2, 0.25) is 0 Å². The summed E-state index contributed by atoms with van der Waals surface area (Å²) in [5.74, 6) is -0.480. The number of halogens is 2. The molecular formula is C19H12ClFN2O2. The number of benzene rings is 3. The Labute approximate surface area is 147 Å². The average molecular weight is 355 g/mol. The zero-order valence-electron chi connectivity index (χ0n) is 12.8. The Morgan fingerprint density at radius 3 is 2.48 bits per heavy atom. The van der Waals surface area contributed by atoms with Gasteiger partial charge in [0.1, 0.15) is 23.0 Å². The fourth-order valence-electron chi connectivity index (χ4n) is 2.75. The summed E-state index contributed by atoms with van der Waals surface area (Å²) in [6, 6.07) is 14.4. The summed E-state index contributed by atoms with van der Waals surface area (Å²) in [5.41, 5.74) is 2.62. The summed E-state index contributed by atoms with van der Waals surface area (Å²) >= 11 is 5.97. The lowest BCUT2D eigenvalue weighted by Gasteiger charge is -2.07. The molecule has 0 fully saturated rings. The predicted molar refractivity (Wildman–Crippen MR) is 94.8 cm³/mol. The number of phenolic OH excluding ortho intramolecular Hbond substituents is 2. The number of rotatable bonds is 2. The van der Waals surface area contributed by atoms with Crippen LogP contribution in [-0.2, 0) is 0 Å². The molecule has 4 aromatic rings. The maximum Gasteiger partial charge on any atom is 0.149 e. The van der Waals surface area contributed by atoms with Crippen LogP contribution < -0.4 is 0 Å². The molecule has 4 nitrogen and oxygen atoms in total. The zero-order chi connectivity index (χ0) is 17.6. The van der Waals surface area contributed by atoms with Crippen LogP contribution >= 0.6 is 11.6 Å². The molecule has 0 atom stereocenters. The van der Waals surface area contributed by atoms with Crippen LogP contribution in [0.5, 0.6) is 11.5 Å². The van der Waals surface area contributed by atoms with E-state index in [1.165, 1.54) is 28.9 Å². The van der Waals surface area contributed by atoms with Gasteiger partial charge in [-0.3, -0.25) is 0 Å². The number of phenols is 2. The van der Waals surface area contributed by atoms with E-state index in [0.29, 0.717) is 5.52 Å². The number of hydrogen-bond donors (Lipinski definition) is 2.